The minimum Gasteiger partial charge on any atom is -0.336 e. The number of carbonyl (C=O) groups excluding carboxylic acids is 1. The summed E-state index contributed by atoms with van der Waals surface area (Å²) in [5.41, 5.74) is 0.853. The zero-order valence-corrected chi connectivity index (χ0v) is 11.6. The van der Waals surface area contributed by atoms with Crippen molar-refractivity contribution in [3.8, 4) is 0 Å². The van der Waals surface area contributed by atoms with E-state index in [0.717, 1.165) is 17.9 Å². The van der Waals surface area contributed by atoms with Crippen molar-refractivity contribution in [2.24, 2.45) is 0 Å². The quantitative estimate of drug-likeness (QED) is 0.867. The van der Waals surface area contributed by atoms with Crippen LogP contribution in [0.1, 0.15) is 34.3 Å². The standard InChI is InChI=1S/C14H15N5O2/c1-9-4-6-15-13(16-9)10-5-7-19(8-10)14(21)11-2-3-12(20)18-17-11/h2-4,6,10H,5,7-8H2,1H3,(H,18,20)/t10-/m0/s1. The van der Waals surface area contributed by atoms with Gasteiger partial charge in [-0.25, -0.2) is 15.1 Å². The molecule has 0 bridgehead atoms. The van der Waals surface area contributed by atoms with Crippen molar-refractivity contribution in [2.75, 3.05) is 13.1 Å². The highest BCUT2D eigenvalue weighted by atomic mass is 16.2. The first-order valence-corrected chi connectivity index (χ1v) is 6.78. The number of hydrogen-bond acceptors (Lipinski definition) is 5. The summed E-state index contributed by atoms with van der Waals surface area (Å²) in [4.78, 5) is 33.7. The van der Waals surface area contributed by atoms with Crippen LogP contribution in [-0.2, 0) is 0 Å². The van der Waals surface area contributed by atoms with Crippen LogP contribution in [0.4, 0.5) is 0 Å². The molecule has 1 atom stereocenters. The smallest absolute Gasteiger partial charge is 0.274 e. The van der Waals surface area contributed by atoms with Crippen LogP contribution in [0.3, 0.4) is 0 Å². The van der Waals surface area contributed by atoms with E-state index in [9.17, 15) is 9.59 Å². The molecule has 0 aliphatic carbocycles. The number of carbonyl (C=O) groups is 1. The second-order valence-corrected chi connectivity index (χ2v) is 5.10. The Kier molecular flexibility index (Phi) is 3.47. The first-order valence-electron chi connectivity index (χ1n) is 6.78. The van der Waals surface area contributed by atoms with Gasteiger partial charge in [-0.1, -0.05) is 0 Å². The zero-order valence-electron chi connectivity index (χ0n) is 11.6. The van der Waals surface area contributed by atoms with Crippen molar-refractivity contribution in [1.29, 1.82) is 0 Å². The number of aromatic amines is 1. The van der Waals surface area contributed by atoms with Crippen molar-refractivity contribution >= 4 is 5.91 Å². The van der Waals surface area contributed by atoms with E-state index in [-0.39, 0.29) is 23.1 Å². The van der Waals surface area contributed by atoms with Crippen molar-refractivity contribution in [3.05, 3.63) is 52.0 Å². The number of aryl methyl sites for hydroxylation is 1. The van der Waals surface area contributed by atoms with Gasteiger partial charge in [0.2, 0.25) is 0 Å². The first kappa shape index (κ1) is 13.4. The van der Waals surface area contributed by atoms with Gasteiger partial charge in [0.25, 0.3) is 11.5 Å². The summed E-state index contributed by atoms with van der Waals surface area (Å²) in [6.45, 7) is 3.14. The maximum atomic E-state index is 12.3. The van der Waals surface area contributed by atoms with Gasteiger partial charge in [0.05, 0.1) is 0 Å². The van der Waals surface area contributed by atoms with Gasteiger partial charge in [0.1, 0.15) is 11.5 Å². The van der Waals surface area contributed by atoms with E-state index < -0.39 is 0 Å². The lowest BCUT2D eigenvalue weighted by molar-refractivity contribution is 0.0783. The molecule has 3 heterocycles. The maximum absolute atomic E-state index is 12.3. The molecule has 1 fully saturated rings. The molecule has 1 aliphatic rings. The molecule has 0 saturated carbocycles. The highest BCUT2D eigenvalue weighted by Gasteiger charge is 2.30. The van der Waals surface area contributed by atoms with E-state index in [2.05, 4.69) is 20.2 Å². The minimum absolute atomic E-state index is 0.150. The number of rotatable bonds is 2. The number of amides is 1. The second kappa shape index (κ2) is 5.43. The number of likely N-dealkylation sites (tertiary alicyclic amines) is 1. The Morgan fingerprint density at radius 2 is 2.24 bits per heavy atom. The highest BCUT2D eigenvalue weighted by molar-refractivity contribution is 5.92. The van der Waals surface area contributed by atoms with Crippen LogP contribution >= 0.6 is 0 Å². The molecule has 7 nitrogen and oxygen atoms in total. The van der Waals surface area contributed by atoms with Crippen LogP contribution in [0, 0.1) is 6.92 Å². The van der Waals surface area contributed by atoms with Gasteiger partial charge >= 0.3 is 0 Å². The summed E-state index contributed by atoms with van der Waals surface area (Å²) in [5.74, 6) is 0.748. The third-order valence-corrected chi connectivity index (χ3v) is 3.55. The lowest BCUT2D eigenvalue weighted by Gasteiger charge is -2.15. The molecule has 2 aromatic heterocycles. The topological polar surface area (TPSA) is 91.8 Å². The third-order valence-electron chi connectivity index (χ3n) is 3.55. The Morgan fingerprint density at radius 1 is 1.38 bits per heavy atom. The van der Waals surface area contributed by atoms with Crippen LogP contribution in [0.5, 0.6) is 0 Å². The fourth-order valence-electron chi connectivity index (χ4n) is 2.45. The number of H-pyrrole nitrogens is 1. The van der Waals surface area contributed by atoms with Crippen molar-refractivity contribution in [2.45, 2.75) is 19.3 Å². The van der Waals surface area contributed by atoms with Gasteiger partial charge in [0, 0.05) is 37.0 Å². The minimum atomic E-state index is -0.320. The van der Waals surface area contributed by atoms with Gasteiger partial charge < -0.3 is 4.90 Å². The van der Waals surface area contributed by atoms with Gasteiger partial charge in [-0.3, -0.25) is 9.59 Å². The average molecular weight is 285 g/mol. The van der Waals surface area contributed by atoms with Crippen LogP contribution in [0.15, 0.2) is 29.2 Å². The lowest BCUT2D eigenvalue weighted by Crippen LogP contribution is -2.30. The van der Waals surface area contributed by atoms with E-state index >= 15 is 0 Å². The fraction of sp³-hybridized carbons (Fsp3) is 0.357. The summed E-state index contributed by atoms with van der Waals surface area (Å²) in [5, 5.41) is 6.05. The summed E-state index contributed by atoms with van der Waals surface area (Å²) in [6, 6.07) is 4.60. The third kappa shape index (κ3) is 2.81. The Labute approximate surface area is 121 Å². The highest BCUT2D eigenvalue weighted by Crippen LogP contribution is 2.25. The van der Waals surface area contributed by atoms with E-state index in [1.165, 1.54) is 12.1 Å². The molecule has 0 aromatic carbocycles. The van der Waals surface area contributed by atoms with Gasteiger partial charge in [-0.05, 0) is 25.5 Å². The van der Waals surface area contributed by atoms with Crippen LogP contribution in [0.25, 0.3) is 0 Å². The molecule has 21 heavy (non-hydrogen) atoms. The Morgan fingerprint density at radius 3 is 2.95 bits per heavy atom. The molecule has 3 rings (SSSR count). The SMILES string of the molecule is Cc1ccnc([C@H]2CCN(C(=O)c3ccc(=O)[nH]n3)C2)n1. The van der Waals surface area contributed by atoms with E-state index in [4.69, 9.17) is 0 Å². The lowest BCUT2D eigenvalue weighted by atomic mass is 10.1. The van der Waals surface area contributed by atoms with Gasteiger partial charge in [0.15, 0.2) is 0 Å². The monoisotopic (exact) mass is 285 g/mol. The maximum Gasteiger partial charge on any atom is 0.274 e. The van der Waals surface area contributed by atoms with Crippen molar-refractivity contribution in [3.63, 3.8) is 0 Å². The molecular weight excluding hydrogens is 270 g/mol. The normalized spacial score (nSPS) is 18.0. The Balaban J connectivity index is 1.73. The molecule has 1 saturated heterocycles. The predicted molar refractivity (Wildman–Crippen MR) is 74.9 cm³/mol. The summed E-state index contributed by atoms with van der Waals surface area (Å²) in [6.07, 6.45) is 2.57. The molecule has 0 radical (unpaired) electrons. The van der Waals surface area contributed by atoms with Gasteiger partial charge in [-0.15, -0.1) is 0 Å². The molecule has 1 N–H and O–H groups in total. The van der Waals surface area contributed by atoms with E-state index in [1.54, 1.807) is 11.1 Å². The number of nitrogens with zero attached hydrogens (tertiary/aromatic N) is 4. The molecule has 2 aromatic rings. The first-order chi connectivity index (χ1) is 10.1. The molecule has 0 spiro atoms. The van der Waals surface area contributed by atoms with Crippen molar-refractivity contribution in [1.82, 2.24) is 25.1 Å². The largest absolute Gasteiger partial charge is 0.336 e. The number of aromatic nitrogens is 4. The summed E-state index contributed by atoms with van der Waals surface area (Å²) >= 11 is 0. The Bertz CT molecular complexity index is 707. The second-order valence-electron chi connectivity index (χ2n) is 5.10. The molecule has 108 valence electrons. The van der Waals surface area contributed by atoms with Crippen LogP contribution in [0.2, 0.25) is 0 Å². The van der Waals surface area contributed by atoms with E-state index in [0.29, 0.717) is 13.1 Å². The summed E-state index contributed by atoms with van der Waals surface area (Å²) < 4.78 is 0. The fourth-order valence-corrected chi connectivity index (χ4v) is 2.45. The average Bonchev–Trinajstić information content (AvgIpc) is 2.97. The molecule has 1 amide bonds. The molecular formula is C14H15N5O2. The summed E-state index contributed by atoms with van der Waals surface area (Å²) in [7, 11) is 0. The Hall–Kier alpha value is -2.57. The molecule has 0 unspecified atom stereocenters. The van der Waals surface area contributed by atoms with Crippen molar-refractivity contribution < 1.29 is 4.79 Å². The van der Waals surface area contributed by atoms with Crippen LogP contribution < -0.4 is 5.56 Å². The molecule has 7 heteroatoms. The van der Waals surface area contributed by atoms with E-state index in [1.807, 2.05) is 13.0 Å². The molecule has 1 aliphatic heterocycles. The zero-order chi connectivity index (χ0) is 14.8. The van der Waals surface area contributed by atoms with Gasteiger partial charge in [-0.2, -0.15) is 5.10 Å². The number of hydrogen-bond donors (Lipinski definition) is 1. The predicted octanol–water partition coefficient (Wildman–Crippen LogP) is 0.498. The number of nitrogens with one attached hydrogen (secondary N) is 1. The van der Waals surface area contributed by atoms with Crippen LogP contribution in [-0.4, -0.2) is 44.1 Å².